The molecule has 0 bridgehead atoms. The Hall–Kier alpha value is -2.39. The molecule has 1 aliphatic heterocycles. The SMILES string of the molecule is COc1ccc(-n2c(C)nnc2SCC(=O)N2CCCC(c3nccs3)C2)cc1. The molecule has 0 radical (unpaired) electrons. The molecule has 1 aromatic carbocycles. The molecular weight excluding hydrogens is 406 g/mol. The molecule has 3 aromatic rings. The number of piperidine rings is 1. The van der Waals surface area contributed by atoms with E-state index < -0.39 is 0 Å². The number of carbonyl (C=O) groups excluding carboxylic acids is 1. The largest absolute Gasteiger partial charge is 0.497 e. The van der Waals surface area contributed by atoms with Crippen LogP contribution in [0, 0.1) is 6.92 Å². The van der Waals surface area contributed by atoms with Gasteiger partial charge in [0.1, 0.15) is 11.6 Å². The van der Waals surface area contributed by atoms with E-state index in [0.29, 0.717) is 11.7 Å². The number of thioether (sulfide) groups is 1. The molecule has 7 nitrogen and oxygen atoms in total. The predicted octanol–water partition coefficient (Wildman–Crippen LogP) is 3.54. The van der Waals surface area contributed by atoms with E-state index in [1.807, 2.05) is 52.2 Å². The van der Waals surface area contributed by atoms with Crippen LogP contribution in [0.2, 0.25) is 0 Å². The first-order chi connectivity index (χ1) is 14.2. The number of hydrogen-bond acceptors (Lipinski definition) is 7. The van der Waals surface area contributed by atoms with E-state index in [1.165, 1.54) is 11.8 Å². The second-order valence-corrected chi connectivity index (χ2v) is 8.77. The molecule has 1 atom stereocenters. The second kappa shape index (κ2) is 8.96. The van der Waals surface area contributed by atoms with Gasteiger partial charge in [-0.05, 0) is 44.0 Å². The van der Waals surface area contributed by atoms with Crippen LogP contribution in [0.4, 0.5) is 0 Å². The van der Waals surface area contributed by atoms with Crippen LogP contribution in [-0.4, -0.2) is 56.5 Å². The summed E-state index contributed by atoms with van der Waals surface area (Å²) in [6, 6.07) is 7.73. The lowest BCUT2D eigenvalue weighted by molar-refractivity contribution is -0.129. The molecule has 29 heavy (non-hydrogen) atoms. The van der Waals surface area contributed by atoms with Crippen molar-refractivity contribution in [2.24, 2.45) is 0 Å². The Morgan fingerprint density at radius 2 is 2.14 bits per heavy atom. The van der Waals surface area contributed by atoms with Crippen molar-refractivity contribution < 1.29 is 9.53 Å². The van der Waals surface area contributed by atoms with Gasteiger partial charge in [0.05, 0.1) is 17.9 Å². The Morgan fingerprint density at radius 3 is 2.86 bits per heavy atom. The number of methoxy groups -OCH3 is 1. The van der Waals surface area contributed by atoms with Crippen LogP contribution < -0.4 is 4.74 Å². The van der Waals surface area contributed by atoms with Crippen molar-refractivity contribution in [3.63, 3.8) is 0 Å². The fourth-order valence-electron chi connectivity index (χ4n) is 3.52. The molecule has 4 rings (SSSR count). The summed E-state index contributed by atoms with van der Waals surface area (Å²) in [6.07, 6.45) is 3.95. The molecule has 3 heterocycles. The molecule has 1 unspecified atom stereocenters. The van der Waals surface area contributed by atoms with E-state index in [1.54, 1.807) is 18.4 Å². The summed E-state index contributed by atoms with van der Waals surface area (Å²) in [6.45, 7) is 3.47. The summed E-state index contributed by atoms with van der Waals surface area (Å²) < 4.78 is 7.19. The number of ether oxygens (including phenoxy) is 1. The molecule has 2 aromatic heterocycles. The van der Waals surface area contributed by atoms with Crippen molar-refractivity contribution in [3.05, 3.63) is 46.7 Å². The molecule has 9 heteroatoms. The highest BCUT2D eigenvalue weighted by Crippen LogP contribution is 2.29. The number of hydrogen-bond donors (Lipinski definition) is 0. The van der Waals surface area contributed by atoms with Crippen LogP contribution in [-0.2, 0) is 4.79 Å². The third-order valence-corrected chi connectivity index (χ3v) is 6.88. The van der Waals surface area contributed by atoms with Crippen molar-refractivity contribution in [2.45, 2.75) is 30.8 Å². The van der Waals surface area contributed by atoms with Gasteiger partial charge in [0, 0.05) is 36.3 Å². The van der Waals surface area contributed by atoms with Gasteiger partial charge in [-0.25, -0.2) is 4.98 Å². The van der Waals surface area contributed by atoms with Crippen molar-refractivity contribution in [1.82, 2.24) is 24.6 Å². The summed E-state index contributed by atoms with van der Waals surface area (Å²) in [5, 5.41) is 12.3. The van der Waals surface area contributed by atoms with Gasteiger partial charge in [-0.15, -0.1) is 21.5 Å². The quantitative estimate of drug-likeness (QED) is 0.558. The summed E-state index contributed by atoms with van der Waals surface area (Å²) in [5.74, 6) is 2.41. The first-order valence-corrected chi connectivity index (χ1v) is 11.4. The molecular formula is C20H23N5O2S2. The van der Waals surface area contributed by atoms with Crippen LogP contribution in [0.1, 0.15) is 29.6 Å². The summed E-state index contributed by atoms with van der Waals surface area (Å²) in [4.78, 5) is 19.2. The fourth-order valence-corrected chi connectivity index (χ4v) is 5.19. The van der Waals surface area contributed by atoms with E-state index in [2.05, 4.69) is 15.2 Å². The molecule has 0 spiro atoms. The number of benzene rings is 1. The molecule has 1 saturated heterocycles. The van der Waals surface area contributed by atoms with Crippen molar-refractivity contribution in [3.8, 4) is 11.4 Å². The molecule has 0 N–H and O–H groups in total. The first kappa shape index (κ1) is 19.9. The zero-order valence-corrected chi connectivity index (χ0v) is 18.1. The number of thiazole rings is 1. The van der Waals surface area contributed by atoms with Crippen molar-refractivity contribution in [1.29, 1.82) is 0 Å². The summed E-state index contributed by atoms with van der Waals surface area (Å²) in [5.41, 5.74) is 0.949. The van der Waals surface area contributed by atoms with Crippen LogP contribution >= 0.6 is 23.1 Å². The summed E-state index contributed by atoms with van der Waals surface area (Å²) in [7, 11) is 1.64. The lowest BCUT2D eigenvalue weighted by Crippen LogP contribution is -2.40. The maximum absolute atomic E-state index is 12.8. The van der Waals surface area contributed by atoms with Gasteiger partial charge in [0.2, 0.25) is 5.91 Å². The van der Waals surface area contributed by atoms with Crippen LogP contribution in [0.25, 0.3) is 5.69 Å². The zero-order valence-electron chi connectivity index (χ0n) is 16.4. The average molecular weight is 430 g/mol. The minimum atomic E-state index is 0.137. The number of carbonyl (C=O) groups is 1. The molecule has 0 aliphatic carbocycles. The van der Waals surface area contributed by atoms with Gasteiger partial charge in [-0.3, -0.25) is 9.36 Å². The topological polar surface area (TPSA) is 73.1 Å². The van der Waals surface area contributed by atoms with E-state index >= 15 is 0 Å². The monoisotopic (exact) mass is 429 g/mol. The Labute approximate surface area is 178 Å². The van der Waals surface area contributed by atoms with Gasteiger partial charge >= 0.3 is 0 Å². The third kappa shape index (κ3) is 4.45. The second-order valence-electron chi connectivity index (χ2n) is 6.90. The molecule has 152 valence electrons. The molecule has 1 fully saturated rings. The normalized spacial score (nSPS) is 16.8. The van der Waals surface area contributed by atoms with Gasteiger partial charge in [0.25, 0.3) is 0 Å². The Balaban J connectivity index is 1.42. The number of nitrogens with zero attached hydrogens (tertiary/aromatic N) is 5. The highest BCUT2D eigenvalue weighted by Gasteiger charge is 2.26. The zero-order chi connectivity index (χ0) is 20.2. The van der Waals surface area contributed by atoms with Gasteiger partial charge in [0.15, 0.2) is 5.16 Å². The highest BCUT2D eigenvalue weighted by molar-refractivity contribution is 7.99. The minimum Gasteiger partial charge on any atom is -0.497 e. The number of likely N-dealkylation sites (tertiary alicyclic amines) is 1. The lowest BCUT2D eigenvalue weighted by atomic mass is 9.99. The van der Waals surface area contributed by atoms with E-state index in [-0.39, 0.29) is 5.91 Å². The van der Waals surface area contributed by atoms with Crippen molar-refractivity contribution in [2.75, 3.05) is 26.0 Å². The fraction of sp³-hybridized carbons (Fsp3) is 0.400. The van der Waals surface area contributed by atoms with Gasteiger partial charge in [-0.2, -0.15) is 0 Å². The molecule has 0 saturated carbocycles. The Morgan fingerprint density at radius 1 is 1.31 bits per heavy atom. The first-order valence-electron chi connectivity index (χ1n) is 9.52. The maximum atomic E-state index is 12.8. The number of rotatable bonds is 6. The molecule has 1 amide bonds. The van der Waals surface area contributed by atoms with Crippen LogP contribution in [0.15, 0.2) is 41.0 Å². The maximum Gasteiger partial charge on any atom is 0.233 e. The Kier molecular flexibility index (Phi) is 6.15. The average Bonchev–Trinajstić information content (AvgIpc) is 3.42. The van der Waals surface area contributed by atoms with Crippen LogP contribution in [0.3, 0.4) is 0 Å². The van der Waals surface area contributed by atoms with Crippen LogP contribution in [0.5, 0.6) is 5.75 Å². The number of amides is 1. The van der Waals surface area contributed by atoms with E-state index in [9.17, 15) is 4.79 Å². The standard InChI is InChI=1S/C20H23N5O2S2/c1-14-22-23-20(25(14)16-5-7-17(27-2)8-6-16)29-13-18(26)24-10-3-4-15(12-24)19-21-9-11-28-19/h5-9,11,15H,3-4,10,12-13H2,1-2H3. The smallest absolute Gasteiger partial charge is 0.233 e. The number of aromatic nitrogens is 4. The van der Waals surface area contributed by atoms with Gasteiger partial charge in [-0.1, -0.05) is 11.8 Å². The predicted molar refractivity (Wildman–Crippen MR) is 114 cm³/mol. The lowest BCUT2D eigenvalue weighted by Gasteiger charge is -2.31. The highest BCUT2D eigenvalue weighted by atomic mass is 32.2. The third-order valence-electron chi connectivity index (χ3n) is 5.03. The number of aryl methyl sites for hydroxylation is 1. The van der Waals surface area contributed by atoms with Gasteiger partial charge < -0.3 is 9.64 Å². The summed E-state index contributed by atoms with van der Waals surface area (Å²) >= 11 is 3.10. The van der Waals surface area contributed by atoms with E-state index in [4.69, 9.17) is 4.74 Å². The minimum absolute atomic E-state index is 0.137. The molecule has 1 aliphatic rings. The van der Waals surface area contributed by atoms with Crippen molar-refractivity contribution >= 4 is 29.0 Å². The van der Waals surface area contributed by atoms with E-state index in [0.717, 1.165) is 53.4 Å². The Bertz CT molecular complexity index is 956.